The molecule has 1 unspecified atom stereocenters. The van der Waals surface area contributed by atoms with E-state index in [2.05, 4.69) is 5.32 Å². The number of halogens is 1. The summed E-state index contributed by atoms with van der Waals surface area (Å²) in [4.78, 5) is 11.8. The predicted molar refractivity (Wildman–Crippen MR) is 79.9 cm³/mol. The maximum atomic E-state index is 11.8. The first-order chi connectivity index (χ1) is 9.23. The Balaban J connectivity index is 2.92. The third-order valence-electron chi connectivity index (χ3n) is 2.45. The zero-order valence-corrected chi connectivity index (χ0v) is 12.7. The highest BCUT2D eigenvalue weighted by molar-refractivity contribution is 6.31. The number of aliphatic hydroxyl groups excluding tert-OH is 1. The molecule has 0 aliphatic heterocycles. The second kappa shape index (κ2) is 6.92. The number of amides is 1. The van der Waals surface area contributed by atoms with Crippen LogP contribution in [-0.4, -0.2) is 23.3 Å². The lowest BCUT2D eigenvalue weighted by Gasteiger charge is -2.21. The fourth-order valence-electron chi connectivity index (χ4n) is 1.65. The van der Waals surface area contributed by atoms with Crippen molar-refractivity contribution in [2.75, 3.05) is 11.9 Å². The van der Waals surface area contributed by atoms with Crippen molar-refractivity contribution in [3.05, 3.63) is 28.8 Å². The van der Waals surface area contributed by atoms with Crippen LogP contribution >= 0.6 is 11.6 Å². The first-order valence-electron chi connectivity index (χ1n) is 6.40. The van der Waals surface area contributed by atoms with Crippen molar-refractivity contribution in [3.8, 4) is 0 Å². The lowest BCUT2D eigenvalue weighted by Crippen LogP contribution is -2.27. The van der Waals surface area contributed by atoms with Crippen molar-refractivity contribution in [2.45, 2.75) is 38.9 Å². The average molecular weight is 301 g/mol. The quantitative estimate of drug-likeness (QED) is 0.798. The smallest absolute Gasteiger partial charge is 0.412 e. The molecule has 0 aliphatic rings. The molecule has 0 heterocycles. The number of carbonyl (C=O) groups is 1. The third kappa shape index (κ3) is 5.36. The zero-order chi connectivity index (χ0) is 15.3. The van der Waals surface area contributed by atoms with Crippen LogP contribution < -0.4 is 11.1 Å². The maximum absolute atomic E-state index is 11.8. The van der Waals surface area contributed by atoms with Gasteiger partial charge < -0.3 is 15.6 Å². The highest BCUT2D eigenvalue weighted by Gasteiger charge is 2.19. The van der Waals surface area contributed by atoms with Crippen molar-refractivity contribution in [1.29, 1.82) is 0 Å². The van der Waals surface area contributed by atoms with E-state index in [-0.39, 0.29) is 0 Å². The standard InChI is InChI=1S/C14H21ClN2O3/c1-14(2,3)20-13(19)17-11-8-9(15)4-5-10(11)12(18)6-7-16/h4-5,8,12,18H,6-7,16H2,1-3H3,(H,17,19). The molecule has 1 aromatic carbocycles. The van der Waals surface area contributed by atoms with E-state index < -0.39 is 17.8 Å². The second-order valence-corrected chi connectivity index (χ2v) is 5.89. The summed E-state index contributed by atoms with van der Waals surface area (Å²) in [6.07, 6.45) is -0.965. The van der Waals surface area contributed by atoms with Gasteiger partial charge in [-0.15, -0.1) is 0 Å². The van der Waals surface area contributed by atoms with E-state index in [1.807, 2.05) is 0 Å². The van der Waals surface area contributed by atoms with Crippen LogP contribution in [0.15, 0.2) is 18.2 Å². The van der Waals surface area contributed by atoms with Crippen LogP contribution in [0.2, 0.25) is 5.02 Å². The minimum Gasteiger partial charge on any atom is -0.444 e. The summed E-state index contributed by atoms with van der Waals surface area (Å²) < 4.78 is 5.18. The fourth-order valence-corrected chi connectivity index (χ4v) is 1.83. The molecule has 1 rings (SSSR count). The number of hydrogen-bond donors (Lipinski definition) is 3. The van der Waals surface area contributed by atoms with Crippen molar-refractivity contribution >= 4 is 23.4 Å². The van der Waals surface area contributed by atoms with Gasteiger partial charge in [-0.1, -0.05) is 17.7 Å². The Hall–Kier alpha value is -1.30. The molecule has 1 atom stereocenters. The Morgan fingerprint density at radius 2 is 2.15 bits per heavy atom. The van der Waals surface area contributed by atoms with E-state index >= 15 is 0 Å². The number of nitrogens with two attached hydrogens (primary N) is 1. The Labute approximate surface area is 124 Å². The first-order valence-corrected chi connectivity index (χ1v) is 6.78. The van der Waals surface area contributed by atoms with Gasteiger partial charge in [-0.05, 0) is 45.9 Å². The molecule has 0 radical (unpaired) electrons. The topological polar surface area (TPSA) is 84.6 Å². The van der Waals surface area contributed by atoms with Crippen LogP contribution in [0.25, 0.3) is 0 Å². The van der Waals surface area contributed by atoms with Crippen molar-refractivity contribution in [1.82, 2.24) is 0 Å². The van der Waals surface area contributed by atoms with Crippen LogP contribution in [0, 0.1) is 0 Å². The molecule has 5 nitrogen and oxygen atoms in total. The van der Waals surface area contributed by atoms with Crippen LogP contribution in [0.1, 0.15) is 38.9 Å². The minimum absolute atomic E-state index is 0.343. The Bertz CT molecular complexity index is 472. The third-order valence-corrected chi connectivity index (χ3v) is 2.69. The molecule has 112 valence electrons. The van der Waals surface area contributed by atoms with E-state index in [9.17, 15) is 9.90 Å². The molecule has 0 fully saturated rings. The normalized spacial score (nSPS) is 12.9. The number of rotatable bonds is 4. The number of ether oxygens (including phenoxy) is 1. The van der Waals surface area contributed by atoms with E-state index in [0.29, 0.717) is 29.2 Å². The lowest BCUT2D eigenvalue weighted by atomic mass is 10.0. The second-order valence-electron chi connectivity index (χ2n) is 5.45. The zero-order valence-electron chi connectivity index (χ0n) is 11.9. The Morgan fingerprint density at radius 1 is 1.50 bits per heavy atom. The molecule has 0 bridgehead atoms. The molecule has 20 heavy (non-hydrogen) atoms. The molecule has 0 aromatic heterocycles. The summed E-state index contributed by atoms with van der Waals surface area (Å²) >= 11 is 5.92. The van der Waals surface area contributed by atoms with Crippen LogP contribution in [0.5, 0.6) is 0 Å². The number of carbonyl (C=O) groups excluding carboxylic acids is 1. The number of hydrogen-bond acceptors (Lipinski definition) is 4. The van der Waals surface area contributed by atoms with Crippen molar-refractivity contribution < 1.29 is 14.6 Å². The van der Waals surface area contributed by atoms with E-state index in [1.165, 1.54) is 0 Å². The average Bonchev–Trinajstić information content (AvgIpc) is 2.26. The maximum Gasteiger partial charge on any atom is 0.412 e. The summed E-state index contributed by atoms with van der Waals surface area (Å²) in [7, 11) is 0. The van der Waals surface area contributed by atoms with Gasteiger partial charge in [0.05, 0.1) is 11.8 Å². The summed E-state index contributed by atoms with van der Waals surface area (Å²) in [5, 5.41) is 13.1. The molecular formula is C14H21ClN2O3. The highest BCUT2D eigenvalue weighted by Crippen LogP contribution is 2.28. The van der Waals surface area contributed by atoms with Gasteiger partial charge in [0, 0.05) is 10.6 Å². The molecule has 6 heteroatoms. The van der Waals surface area contributed by atoms with Gasteiger partial charge >= 0.3 is 6.09 Å². The summed E-state index contributed by atoms with van der Waals surface area (Å²) in [5.41, 5.74) is 5.82. The Kier molecular flexibility index (Phi) is 5.80. The molecule has 0 saturated heterocycles. The molecular weight excluding hydrogens is 280 g/mol. The van der Waals surface area contributed by atoms with Gasteiger partial charge in [-0.2, -0.15) is 0 Å². The first kappa shape index (κ1) is 16.8. The molecule has 0 saturated carbocycles. The minimum atomic E-state index is -0.762. The Morgan fingerprint density at radius 3 is 2.70 bits per heavy atom. The van der Waals surface area contributed by atoms with Gasteiger partial charge in [0.1, 0.15) is 5.60 Å². The van der Waals surface area contributed by atoms with E-state index in [0.717, 1.165) is 0 Å². The van der Waals surface area contributed by atoms with Crippen molar-refractivity contribution in [3.63, 3.8) is 0 Å². The SMILES string of the molecule is CC(C)(C)OC(=O)Nc1cc(Cl)ccc1C(O)CCN. The van der Waals surface area contributed by atoms with E-state index in [1.54, 1.807) is 39.0 Å². The van der Waals surface area contributed by atoms with Crippen LogP contribution in [-0.2, 0) is 4.74 Å². The molecule has 1 aromatic rings. The lowest BCUT2D eigenvalue weighted by molar-refractivity contribution is 0.0635. The van der Waals surface area contributed by atoms with Crippen LogP contribution in [0.3, 0.4) is 0 Å². The van der Waals surface area contributed by atoms with Gasteiger partial charge in [0.15, 0.2) is 0 Å². The highest BCUT2D eigenvalue weighted by atomic mass is 35.5. The monoisotopic (exact) mass is 300 g/mol. The number of nitrogens with one attached hydrogen (secondary N) is 1. The van der Waals surface area contributed by atoms with E-state index in [4.69, 9.17) is 22.1 Å². The largest absolute Gasteiger partial charge is 0.444 e. The number of aliphatic hydroxyl groups is 1. The number of benzene rings is 1. The summed E-state index contributed by atoms with van der Waals surface area (Å²) in [6, 6.07) is 4.88. The van der Waals surface area contributed by atoms with Crippen molar-refractivity contribution in [2.24, 2.45) is 5.73 Å². The summed E-state index contributed by atoms with van der Waals surface area (Å²) in [6.45, 7) is 5.66. The summed E-state index contributed by atoms with van der Waals surface area (Å²) in [5.74, 6) is 0. The molecule has 4 N–H and O–H groups in total. The molecule has 0 aliphatic carbocycles. The number of anilines is 1. The van der Waals surface area contributed by atoms with Crippen LogP contribution in [0.4, 0.5) is 10.5 Å². The fraction of sp³-hybridized carbons (Fsp3) is 0.500. The van der Waals surface area contributed by atoms with Gasteiger partial charge in [-0.25, -0.2) is 4.79 Å². The molecule has 1 amide bonds. The van der Waals surface area contributed by atoms with Gasteiger partial charge in [0.2, 0.25) is 0 Å². The van der Waals surface area contributed by atoms with Gasteiger partial charge in [-0.3, -0.25) is 5.32 Å². The predicted octanol–water partition coefficient (Wildman–Crippen LogP) is 3.07. The van der Waals surface area contributed by atoms with Gasteiger partial charge in [0.25, 0.3) is 0 Å². The molecule has 0 spiro atoms.